The van der Waals surface area contributed by atoms with Gasteiger partial charge in [-0.25, -0.2) is 0 Å². The maximum atomic E-state index is 11.4. The fraction of sp³-hybridized carbons (Fsp3) is 1.00. The summed E-state index contributed by atoms with van der Waals surface area (Å²) in [7, 11) is -4.05. The Morgan fingerprint density at radius 1 is 0.773 bits per heavy atom. The van der Waals surface area contributed by atoms with Gasteiger partial charge in [0.2, 0.25) is 0 Å². The molecule has 5 heteroatoms. The minimum atomic E-state index is -4.05. The van der Waals surface area contributed by atoms with Crippen molar-refractivity contribution in [1.29, 1.82) is 0 Å². The van der Waals surface area contributed by atoms with E-state index in [1.165, 1.54) is 32.1 Å². The van der Waals surface area contributed by atoms with E-state index in [4.69, 9.17) is 0 Å². The van der Waals surface area contributed by atoms with E-state index in [1.807, 2.05) is 6.92 Å². The lowest BCUT2D eigenvalue weighted by Crippen LogP contribution is -2.26. The molecule has 134 valence electrons. The third-order valence-corrected chi connectivity index (χ3v) is 5.50. The highest BCUT2D eigenvalue weighted by Crippen LogP contribution is 2.19. The Bertz CT molecular complexity index is 341. The molecule has 0 aliphatic heterocycles. The molecule has 0 aromatic rings. The molecule has 0 amide bonds. The molecule has 22 heavy (non-hydrogen) atoms. The number of unbranched alkanes of at least 4 members (excludes halogenated alkanes) is 8. The molecular weight excluding hydrogens is 300 g/mol. The summed E-state index contributed by atoms with van der Waals surface area (Å²) in [6.07, 6.45) is 11.7. The van der Waals surface area contributed by atoms with Gasteiger partial charge in [0.05, 0.1) is 11.4 Å². The average Bonchev–Trinajstić information content (AvgIpc) is 2.45. The van der Waals surface area contributed by atoms with E-state index >= 15 is 0 Å². The van der Waals surface area contributed by atoms with Gasteiger partial charge in [-0.05, 0) is 19.3 Å². The average molecular weight is 337 g/mol. The Morgan fingerprint density at radius 2 is 1.27 bits per heavy atom. The Morgan fingerprint density at radius 3 is 1.77 bits per heavy atom. The van der Waals surface area contributed by atoms with Crippen LogP contribution in [-0.4, -0.2) is 29.4 Å². The molecule has 0 aliphatic rings. The zero-order chi connectivity index (χ0) is 16.8. The summed E-state index contributed by atoms with van der Waals surface area (Å²) in [5, 5.41) is 9.06. The van der Waals surface area contributed by atoms with E-state index in [9.17, 15) is 18.1 Å². The van der Waals surface area contributed by atoms with Crippen molar-refractivity contribution in [3.63, 3.8) is 0 Å². The van der Waals surface area contributed by atoms with Crippen LogP contribution in [0.15, 0.2) is 0 Å². The van der Waals surface area contributed by atoms with Crippen LogP contribution in [0.5, 0.6) is 0 Å². The van der Waals surface area contributed by atoms with Crippen LogP contribution in [0.1, 0.15) is 97.3 Å². The van der Waals surface area contributed by atoms with Gasteiger partial charge < -0.3 is 5.11 Å². The lowest BCUT2D eigenvalue weighted by Gasteiger charge is -2.17. The largest absolute Gasteiger partial charge is 0.393 e. The Labute approximate surface area is 137 Å². The Hall–Kier alpha value is -0.130. The van der Waals surface area contributed by atoms with Gasteiger partial charge in [-0.3, -0.25) is 4.55 Å². The Kier molecular flexibility index (Phi) is 13.2. The van der Waals surface area contributed by atoms with Crippen LogP contribution < -0.4 is 0 Å². The van der Waals surface area contributed by atoms with Gasteiger partial charge in [0, 0.05) is 0 Å². The van der Waals surface area contributed by atoms with Crippen molar-refractivity contribution >= 4 is 10.1 Å². The minimum absolute atomic E-state index is 0.162. The first-order valence-electron chi connectivity index (χ1n) is 9.06. The molecule has 0 rings (SSSR count). The van der Waals surface area contributed by atoms with E-state index in [-0.39, 0.29) is 6.42 Å². The number of aliphatic hydroxyl groups excluding tert-OH is 1. The van der Waals surface area contributed by atoms with Crippen LogP contribution in [0.2, 0.25) is 0 Å². The second kappa shape index (κ2) is 13.3. The third kappa shape index (κ3) is 12.4. The van der Waals surface area contributed by atoms with Crippen molar-refractivity contribution < 1.29 is 18.1 Å². The van der Waals surface area contributed by atoms with Crippen LogP contribution >= 0.6 is 0 Å². The van der Waals surface area contributed by atoms with Crippen LogP contribution in [0, 0.1) is 0 Å². The molecule has 0 saturated carbocycles. The van der Waals surface area contributed by atoms with Crippen LogP contribution in [0.25, 0.3) is 0 Å². The standard InChI is InChI=1S/C17H36O4S/c1-3-5-7-8-9-10-11-12-14-17(22(19,20)21)15-16(18)13-6-4-2/h16-18H,3-15H2,1-2H3,(H,19,20,21). The predicted octanol–water partition coefficient (Wildman–Crippen LogP) is 4.71. The normalized spacial score (nSPS) is 14.9. The number of rotatable bonds is 15. The number of hydrogen-bond donors (Lipinski definition) is 2. The van der Waals surface area contributed by atoms with E-state index < -0.39 is 21.5 Å². The highest BCUT2D eigenvalue weighted by atomic mass is 32.2. The quantitative estimate of drug-likeness (QED) is 0.335. The summed E-state index contributed by atoms with van der Waals surface area (Å²) < 4.78 is 32.2. The smallest absolute Gasteiger partial charge is 0.267 e. The highest BCUT2D eigenvalue weighted by Gasteiger charge is 2.25. The van der Waals surface area contributed by atoms with Gasteiger partial charge in [-0.2, -0.15) is 8.42 Å². The molecule has 2 atom stereocenters. The van der Waals surface area contributed by atoms with Gasteiger partial charge in [0.15, 0.2) is 0 Å². The first-order chi connectivity index (χ1) is 10.4. The van der Waals surface area contributed by atoms with E-state index in [0.717, 1.165) is 32.1 Å². The summed E-state index contributed by atoms with van der Waals surface area (Å²) in [5.41, 5.74) is 0. The van der Waals surface area contributed by atoms with Gasteiger partial charge in [-0.1, -0.05) is 78.1 Å². The van der Waals surface area contributed by atoms with Gasteiger partial charge in [0.25, 0.3) is 10.1 Å². The van der Waals surface area contributed by atoms with E-state index in [2.05, 4.69) is 6.92 Å². The SMILES string of the molecule is CCCCCCCCCCC(CC(O)CCCC)S(=O)(=O)O. The zero-order valence-corrected chi connectivity index (χ0v) is 15.3. The Balaban J connectivity index is 3.92. The van der Waals surface area contributed by atoms with Crippen molar-refractivity contribution in [3.05, 3.63) is 0 Å². The van der Waals surface area contributed by atoms with E-state index in [0.29, 0.717) is 12.8 Å². The lowest BCUT2D eigenvalue weighted by atomic mass is 10.0. The van der Waals surface area contributed by atoms with Gasteiger partial charge in [-0.15, -0.1) is 0 Å². The van der Waals surface area contributed by atoms with Crippen LogP contribution in [-0.2, 0) is 10.1 Å². The molecule has 0 aromatic heterocycles. The number of aliphatic hydroxyl groups is 1. The topological polar surface area (TPSA) is 74.6 Å². The van der Waals surface area contributed by atoms with E-state index in [1.54, 1.807) is 0 Å². The molecule has 0 heterocycles. The predicted molar refractivity (Wildman–Crippen MR) is 92.7 cm³/mol. The zero-order valence-electron chi connectivity index (χ0n) is 14.5. The third-order valence-electron chi connectivity index (χ3n) is 4.23. The second-order valence-electron chi connectivity index (χ2n) is 6.43. The fourth-order valence-corrected chi connectivity index (χ4v) is 3.69. The summed E-state index contributed by atoms with van der Waals surface area (Å²) in [5.74, 6) is 0. The molecule has 0 spiro atoms. The van der Waals surface area contributed by atoms with Gasteiger partial charge >= 0.3 is 0 Å². The number of hydrogen-bond acceptors (Lipinski definition) is 3. The maximum absolute atomic E-state index is 11.4. The minimum Gasteiger partial charge on any atom is -0.393 e. The summed E-state index contributed by atoms with van der Waals surface area (Å²) >= 11 is 0. The molecular formula is C17H36O4S. The van der Waals surface area contributed by atoms with Crippen LogP contribution in [0.3, 0.4) is 0 Å². The molecule has 0 saturated heterocycles. The first-order valence-corrected chi connectivity index (χ1v) is 10.6. The van der Waals surface area contributed by atoms with Crippen molar-refractivity contribution in [2.24, 2.45) is 0 Å². The maximum Gasteiger partial charge on any atom is 0.267 e. The van der Waals surface area contributed by atoms with Crippen LogP contribution in [0.4, 0.5) is 0 Å². The monoisotopic (exact) mass is 336 g/mol. The van der Waals surface area contributed by atoms with Crippen molar-refractivity contribution in [2.45, 2.75) is 109 Å². The molecule has 4 nitrogen and oxygen atoms in total. The lowest BCUT2D eigenvalue weighted by molar-refractivity contribution is 0.147. The second-order valence-corrected chi connectivity index (χ2v) is 8.13. The molecule has 0 aromatic carbocycles. The molecule has 0 bridgehead atoms. The van der Waals surface area contributed by atoms with Crippen molar-refractivity contribution in [2.75, 3.05) is 0 Å². The molecule has 2 N–H and O–H groups in total. The summed E-state index contributed by atoms with van der Waals surface area (Å²) in [4.78, 5) is 0. The first kappa shape index (κ1) is 21.9. The van der Waals surface area contributed by atoms with Gasteiger partial charge in [0.1, 0.15) is 0 Å². The summed E-state index contributed by atoms with van der Waals surface area (Å²) in [6, 6.07) is 0. The highest BCUT2D eigenvalue weighted by molar-refractivity contribution is 7.86. The fourth-order valence-electron chi connectivity index (χ4n) is 2.76. The van der Waals surface area contributed by atoms with Crippen molar-refractivity contribution in [3.8, 4) is 0 Å². The molecule has 0 fully saturated rings. The molecule has 0 radical (unpaired) electrons. The molecule has 0 aliphatic carbocycles. The molecule has 2 unspecified atom stereocenters. The van der Waals surface area contributed by atoms with Crippen molar-refractivity contribution in [1.82, 2.24) is 0 Å². The summed E-state index contributed by atoms with van der Waals surface area (Å²) in [6.45, 7) is 4.23.